The van der Waals surface area contributed by atoms with Crippen molar-refractivity contribution in [2.45, 2.75) is 38.1 Å². The summed E-state index contributed by atoms with van der Waals surface area (Å²) in [6.45, 7) is 2.20. The first-order chi connectivity index (χ1) is 14.7. The molecule has 31 heavy (non-hydrogen) atoms. The number of nitrogens with one attached hydrogen (secondary N) is 1. The van der Waals surface area contributed by atoms with Gasteiger partial charge >= 0.3 is 0 Å². The van der Waals surface area contributed by atoms with Crippen LogP contribution in [0, 0.1) is 11.6 Å². The van der Waals surface area contributed by atoms with Gasteiger partial charge in [0.05, 0.1) is 12.6 Å². The first-order valence-electron chi connectivity index (χ1n) is 9.92. The van der Waals surface area contributed by atoms with Gasteiger partial charge in [-0.3, -0.25) is 14.4 Å². The Labute approximate surface area is 175 Å². The molecule has 2 N–H and O–H groups in total. The third-order valence-corrected chi connectivity index (χ3v) is 6.45. The number of aromatic hydroxyl groups is 1. The quantitative estimate of drug-likeness (QED) is 0.766. The van der Waals surface area contributed by atoms with E-state index >= 15 is 0 Å². The van der Waals surface area contributed by atoms with Crippen LogP contribution >= 0.6 is 0 Å². The minimum Gasteiger partial charge on any atom is -0.503 e. The Balaban J connectivity index is 1.56. The summed E-state index contributed by atoms with van der Waals surface area (Å²) in [7, 11) is 0. The number of aromatic nitrogens is 1. The number of hydrogen-bond acceptors (Lipinski definition) is 5. The van der Waals surface area contributed by atoms with Gasteiger partial charge in [-0.15, -0.1) is 0 Å². The number of halogens is 2. The van der Waals surface area contributed by atoms with Crippen LogP contribution in [0.15, 0.2) is 23.0 Å². The van der Waals surface area contributed by atoms with Crippen molar-refractivity contribution in [3.05, 3.63) is 62.6 Å². The van der Waals surface area contributed by atoms with E-state index in [0.717, 1.165) is 6.07 Å². The molecule has 0 aliphatic carbocycles. The molecule has 1 aromatic heterocycles. The second-order valence-electron chi connectivity index (χ2n) is 8.05. The van der Waals surface area contributed by atoms with Crippen LogP contribution in [0.3, 0.4) is 0 Å². The number of ether oxygens (including phenoxy) is 1. The highest BCUT2D eigenvalue weighted by Crippen LogP contribution is 2.47. The molecule has 3 aliphatic heterocycles. The molecule has 0 radical (unpaired) electrons. The van der Waals surface area contributed by atoms with E-state index in [4.69, 9.17) is 4.74 Å². The predicted octanol–water partition coefficient (Wildman–Crippen LogP) is 1.45. The highest BCUT2D eigenvalue weighted by atomic mass is 19.1. The molecule has 3 aliphatic rings. The van der Waals surface area contributed by atoms with Crippen molar-refractivity contribution in [2.75, 3.05) is 13.2 Å². The van der Waals surface area contributed by atoms with Crippen LogP contribution in [-0.4, -0.2) is 45.3 Å². The number of carbonyl (C=O) groups excluding carboxylic acids is 2. The SMILES string of the molecule is CC12OCCN1C(=O)c1c(O)c(=O)c(C(=O)NCc3ccc(F)cc3F)c3n1C2CC3. The van der Waals surface area contributed by atoms with Gasteiger partial charge in [0, 0.05) is 30.4 Å². The number of rotatable bonds is 3. The van der Waals surface area contributed by atoms with Crippen LogP contribution in [0.2, 0.25) is 0 Å². The van der Waals surface area contributed by atoms with E-state index in [1.165, 1.54) is 11.0 Å². The smallest absolute Gasteiger partial charge is 0.276 e. The normalized spacial score (nSPS) is 23.6. The molecule has 0 spiro atoms. The largest absolute Gasteiger partial charge is 0.503 e. The minimum atomic E-state index is -0.948. The molecule has 0 bridgehead atoms. The lowest BCUT2D eigenvalue weighted by atomic mass is 9.98. The Bertz CT molecular complexity index is 1210. The van der Waals surface area contributed by atoms with Crippen molar-refractivity contribution in [2.24, 2.45) is 0 Å². The van der Waals surface area contributed by atoms with Gasteiger partial charge in [-0.25, -0.2) is 8.78 Å². The molecule has 8 nitrogen and oxygen atoms in total. The fraction of sp³-hybridized carbons (Fsp3) is 0.381. The van der Waals surface area contributed by atoms with Gasteiger partial charge < -0.3 is 24.6 Å². The Morgan fingerprint density at radius 1 is 1.35 bits per heavy atom. The van der Waals surface area contributed by atoms with E-state index < -0.39 is 40.4 Å². The third-order valence-electron chi connectivity index (χ3n) is 6.45. The Morgan fingerprint density at radius 3 is 2.87 bits per heavy atom. The summed E-state index contributed by atoms with van der Waals surface area (Å²) in [5, 5.41) is 13.0. The number of fused-ring (bicyclic) bond motifs is 2. The number of carbonyl (C=O) groups is 2. The van der Waals surface area contributed by atoms with Gasteiger partial charge in [-0.05, 0) is 25.8 Å². The maximum atomic E-state index is 13.9. The lowest BCUT2D eigenvalue weighted by Crippen LogP contribution is -2.56. The maximum absolute atomic E-state index is 13.9. The van der Waals surface area contributed by atoms with Crippen molar-refractivity contribution in [3.8, 4) is 5.75 Å². The molecule has 2 atom stereocenters. The lowest BCUT2D eigenvalue weighted by molar-refractivity contribution is -0.0974. The Kier molecular flexibility index (Phi) is 4.20. The molecule has 162 valence electrons. The molecule has 2 unspecified atom stereocenters. The monoisotopic (exact) mass is 431 g/mol. The van der Waals surface area contributed by atoms with Crippen LogP contribution in [0.5, 0.6) is 5.75 Å². The number of nitrogens with zero attached hydrogens (tertiary/aromatic N) is 2. The van der Waals surface area contributed by atoms with Crippen LogP contribution in [0.1, 0.15) is 51.5 Å². The van der Waals surface area contributed by atoms with E-state index in [-0.39, 0.29) is 29.4 Å². The topological polar surface area (TPSA) is 101 Å². The zero-order valence-electron chi connectivity index (χ0n) is 16.6. The fourth-order valence-electron chi connectivity index (χ4n) is 4.94. The molecule has 10 heteroatoms. The summed E-state index contributed by atoms with van der Waals surface area (Å²) in [6, 6.07) is 2.60. The van der Waals surface area contributed by atoms with Crippen molar-refractivity contribution < 1.29 is 28.2 Å². The number of amides is 2. The molecule has 1 aromatic carbocycles. The maximum Gasteiger partial charge on any atom is 0.276 e. The first kappa shape index (κ1) is 19.7. The van der Waals surface area contributed by atoms with Crippen LogP contribution in [-0.2, 0) is 17.7 Å². The second kappa shape index (κ2) is 6.61. The highest BCUT2D eigenvalue weighted by Gasteiger charge is 2.56. The molecule has 2 amide bonds. The summed E-state index contributed by atoms with van der Waals surface area (Å²) in [5.74, 6) is -3.68. The Hall–Kier alpha value is -3.27. The predicted molar refractivity (Wildman–Crippen MR) is 103 cm³/mol. The molecule has 4 heterocycles. The summed E-state index contributed by atoms with van der Waals surface area (Å²) in [5.41, 5.74) is -1.91. The summed E-state index contributed by atoms with van der Waals surface area (Å²) in [4.78, 5) is 40.3. The molecular weight excluding hydrogens is 412 g/mol. The van der Waals surface area contributed by atoms with E-state index in [9.17, 15) is 28.3 Å². The molecule has 2 aromatic rings. The van der Waals surface area contributed by atoms with Crippen LogP contribution in [0.25, 0.3) is 0 Å². The average Bonchev–Trinajstić information content (AvgIpc) is 3.32. The van der Waals surface area contributed by atoms with Gasteiger partial charge in [-0.1, -0.05) is 6.07 Å². The minimum absolute atomic E-state index is 0.0454. The van der Waals surface area contributed by atoms with Crippen molar-refractivity contribution in [3.63, 3.8) is 0 Å². The van der Waals surface area contributed by atoms with Crippen molar-refractivity contribution in [1.29, 1.82) is 0 Å². The standard InChI is InChI=1S/C21H19F2N3O5/c1-21-14-5-4-13-15(19(29)24-9-10-2-3-11(22)8-12(10)23)17(27)18(28)16(26(13)14)20(30)25(21)6-7-31-21/h2-3,8,14,28H,4-7,9H2,1H3,(H,24,29). The molecule has 1 fully saturated rings. The van der Waals surface area contributed by atoms with Crippen molar-refractivity contribution in [1.82, 2.24) is 14.8 Å². The molecule has 5 rings (SSSR count). The van der Waals surface area contributed by atoms with Gasteiger partial charge in [0.25, 0.3) is 11.8 Å². The lowest BCUT2D eigenvalue weighted by Gasteiger charge is -2.44. The first-order valence-corrected chi connectivity index (χ1v) is 9.92. The highest BCUT2D eigenvalue weighted by molar-refractivity contribution is 6.00. The van der Waals surface area contributed by atoms with Gasteiger partial charge in [0.2, 0.25) is 5.43 Å². The molecule has 1 saturated heterocycles. The Morgan fingerprint density at radius 2 is 2.13 bits per heavy atom. The third kappa shape index (κ3) is 2.64. The average molecular weight is 431 g/mol. The van der Waals surface area contributed by atoms with E-state index in [1.54, 1.807) is 11.5 Å². The van der Waals surface area contributed by atoms with Crippen molar-refractivity contribution >= 4 is 11.8 Å². The number of hydrogen-bond donors (Lipinski definition) is 2. The number of benzene rings is 1. The zero-order valence-corrected chi connectivity index (χ0v) is 16.6. The van der Waals surface area contributed by atoms with Gasteiger partial charge in [0.1, 0.15) is 17.2 Å². The van der Waals surface area contributed by atoms with E-state index in [1.807, 2.05) is 0 Å². The molecular formula is C21H19F2N3O5. The summed E-state index contributed by atoms with van der Waals surface area (Å²) < 4.78 is 34.4. The van der Waals surface area contributed by atoms with E-state index in [2.05, 4.69) is 5.32 Å². The van der Waals surface area contributed by atoms with Gasteiger partial charge in [0.15, 0.2) is 17.2 Å². The second-order valence-corrected chi connectivity index (χ2v) is 8.05. The molecule has 0 saturated carbocycles. The zero-order chi connectivity index (χ0) is 22.1. The summed E-state index contributed by atoms with van der Waals surface area (Å²) >= 11 is 0. The summed E-state index contributed by atoms with van der Waals surface area (Å²) in [6.07, 6.45) is 0.851. The van der Waals surface area contributed by atoms with E-state index in [0.29, 0.717) is 37.8 Å². The van der Waals surface area contributed by atoms with Gasteiger partial charge in [-0.2, -0.15) is 0 Å². The van der Waals surface area contributed by atoms with Crippen LogP contribution < -0.4 is 10.7 Å². The van der Waals surface area contributed by atoms with Crippen LogP contribution in [0.4, 0.5) is 8.78 Å². The fourth-order valence-corrected chi connectivity index (χ4v) is 4.94. The number of pyridine rings is 1.